The number of sulfone groups is 1. The number of carbonyl (C=O) groups is 1. The minimum atomic E-state index is -3.62. The lowest BCUT2D eigenvalue weighted by atomic mass is 10.3. The van der Waals surface area contributed by atoms with Gasteiger partial charge < -0.3 is 9.80 Å². The van der Waals surface area contributed by atoms with Gasteiger partial charge in [-0.3, -0.25) is 4.79 Å². The molecule has 6 nitrogen and oxygen atoms in total. The van der Waals surface area contributed by atoms with Crippen molar-refractivity contribution in [1.82, 2.24) is 9.88 Å². The Bertz CT molecular complexity index is 1110. The summed E-state index contributed by atoms with van der Waals surface area (Å²) in [4.78, 5) is 21.1. The number of fused-ring (bicyclic) bond motifs is 1. The highest BCUT2D eigenvalue weighted by molar-refractivity contribution is 9.10. The van der Waals surface area contributed by atoms with Crippen LogP contribution in [0.3, 0.4) is 0 Å². The molecule has 1 amide bonds. The number of carbonyl (C=O) groups excluding carboxylic acids is 1. The van der Waals surface area contributed by atoms with Crippen LogP contribution < -0.4 is 4.90 Å². The maximum atomic E-state index is 12.5. The standard InChI is InChI=1S/C19H18BrN3O3S2/c20-14-6-7-16-17(12-14)27-19(21-16)23-10-8-22(9-11-23)18(24)13-28(25,26)15-4-2-1-3-5-15/h1-7,12H,8-11,13H2. The third kappa shape index (κ3) is 4.06. The first-order chi connectivity index (χ1) is 13.4. The van der Waals surface area contributed by atoms with Crippen molar-refractivity contribution < 1.29 is 13.2 Å². The summed E-state index contributed by atoms with van der Waals surface area (Å²) in [5.74, 6) is -0.844. The molecule has 3 aromatic rings. The van der Waals surface area contributed by atoms with Gasteiger partial charge >= 0.3 is 0 Å². The highest BCUT2D eigenvalue weighted by atomic mass is 79.9. The summed E-state index contributed by atoms with van der Waals surface area (Å²) in [7, 11) is -3.62. The van der Waals surface area contributed by atoms with E-state index in [1.165, 1.54) is 12.1 Å². The van der Waals surface area contributed by atoms with Gasteiger partial charge in [0.2, 0.25) is 5.91 Å². The van der Waals surface area contributed by atoms with Gasteiger partial charge in [-0.1, -0.05) is 45.5 Å². The molecule has 0 unspecified atom stereocenters. The molecule has 4 rings (SSSR count). The van der Waals surface area contributed by atoms with E-state index in [9.17, 15) is 13.2 Å². The average Bonchev–Trinajstić information content (AvgIpc) is 3.11. The van der Waals surface area contributed by atoms with Crippen molar-refractivity contribution in [3.8, 4) is 0 Å². The maximum Gasteiger partial charge on any atom is 0.238 e. The van der Waals surface area contributed by atoms with Gasteiger partial charge in [-0.25, -0.2) is 13.4 Å². The first kappa shape index (κ1) is 19.4. The van der Waals surface area contributed by atoms with Crippen LogP contribution in [0.4, 0.5) is 5.13 Å². The quantitative estimate of drug-likeness (QED) is 0.574. The molecule has 1 aromatic heterocycles. The lowest BCUT2D eigenvalue weighted by Crippen LogP contribution is -2.50. The molecule has 0 atom stereocenters. The number of amides is 1. The fourth-order valence-corrected chi connectivity index (χ4v) is 5.95. The summed E-state index contributed by atoms with van der Waals surface area (Å²) in [5.41, 5.74) is 0.954. The van der Waals surface area contributed by atoms with Crippen molar-refractivity contribution in [3.63, 3.8) is 0 Å². The van der Waals surface area contributed by atoms with Gasteiger partial charge in [-0.05, 0) is 30.3 Å². The Balaban J connectivity index is 1.40. The van der Waals surface area contributed by atoms with Crippen LogP contribution in [0, 0.1) is 0 Å². The average molecular weight is 480 g/mol. The second-order valence-corrected chi connectivity index (χ2v) is 10.5. The maximum absolute atomic E-state index is 12.5. The van der Waals surface area contributed by atoms with E-state index in [4.69, 9.17) is 0 Å². The van der Waals surface area contributed by atoms with Crippen molar-refractivity contribution in [2.75, 3.05) is 36.8 Å². The van der Waals surface area contributed by atoms with E-state index < -0.39 is 15.6 Å². The SMILES string of the molecule is O=C(CS(=O)(=O)c1ccccc1)N1CCN(c2nc3ccc(Br)cc3s2)CC1. The number of anilines is 1. The molecule has 0 spiro atoms. The molecule has 1 fully saturated rings. The molecule has 0 saturated carbocycles. The summed E-state index contributed by atoms with van der Waals surface area (Å²) >= 11 is 5.09. The zero-order valence-corrected chi connectivity index (χ0v) is 18.1. The molecule has 9 heteroatoms. The second-order valence-electron chi connectivity index (χ2n) is 6.55. The number of hydrogen-bond acceptors (Lipinski definition) is 6. The summed E-state index contributed by atoms with van der Waals surface area (Å²) < 4.78 is 27.0. The molecular formula is C19H18BrN3O3S2. The molecule has 1 aliphatic rings. The van der Waals surface area contributed by atoms with Crippen LogP contribution in [0.2, 0.25) is 0 Å². The Hall–Kier alpha value is -1.97. The Labute approximate surface area is 175 Å². The zero-order valence-electron chi connectivity index (χ0n) is 14.9. The second kappa shape index (κ2) is 7.81. The number of hydrogen-bond donors (Lipinski definition) is 0. The first-order valence-electron chi connectivity index (χ1n) is 8.79. The minimum absolute atomic E-state index is 0.183. The van der Waals surface area contributed by atoms with Crippen molar-refractivity contribution in [3.05, 3.63) is 53.0 Å². The molecule has 2 aromatic carbocycles. The third-order valence-electron chi connectivity index (χ3n) is 4.66. The zero-order chi connectivity index (χ0) is 19.7. The van der Waals surface area contributed by atoms with Crippen LogP contribution in [0.1, 0.15) is 0 Å². The summed E-state index contributed by atoms with van der Waals surface area (Å²) in [5, 5.41) is 0.928. The number of aromatic nitrogens is 1. The fraction of sp³-hybridized carbons (Fsp3) is 0.263. The molecule has 0 N–H and O–H groups in total. The predicted molar refractivity (Wildman–Crippen MR) is 115 cm³/mol. The van der Waals surface area contributed by atoms with Gasteiger partial charge in [-0.2, -0.15) is 0 Å². The fourth-order valence-electron chi connectivity index (χ4n) is 3.13. The number of nitrogens with zero attached hydrogens (tertiary/aromatic N) is 3. The van der Waals surface area contributed by atoms with E-state index in [0.29, 0.717) is 26.2 Å². The normalized spacial score (nSPS) is 15.2. The third-order valence-corrected chi connectivity index (χ3v) is 7.85. The predicted octanol–water partition coefficient (Wildman–Crippen LogP) is 3.18. The molecular weight excluding hydrogens is 462 g/mol. The molecule has 1 aliphatic heterocycles. The van der Waals surface area contributed by atoms with E-state index in [0.717, 1.165) is 19.8 Å². The Morgan fingerprint density at radius 3 is 2.50 bits per heavy atom. The van der Waals surface area contributed by atoms with Crippen molar-refractivity contribution >= 4 is 58.4 Å². The Morgan fingerprint density at radius 2 is 1.79 bits per heavy atom. The number of halogens is 1. The van der Waals surface area contributed by atoms with Crippen molar-refractivity contribution in [2.45, 2.75) is 4.90 Å². The molecule has 0 aliphatic carbocycles. The van der Waals surface area contributed by atoms with Crippen LogP contribution in [0.15, 0.2) is 57.9 Å². The highest BCUT2D eigenvalue weighted by Crippen LogP contribution is 2.31. The van der Waals surface area contributed by atoms with Gasteiger partial charge in [0, 0.05) is 30.7 Å². The first-order valence-corrected chi connectivity index (χ1v) is 12.1. The monoisotopic (exact) mass is 479 g/mol. The highest BCUT2D eigenvalue weighted by Gasteiger charge is 2.27. The number of benzene rings is 2. The number of piperazine rings is 1. The van der Waals surface area contributed by atoms with Crippen molar-refractivity contribution in [2.24, 2.45) is 0 Å². The van der Waals surface area contributed by atoms with E-state index in [1.807, 2.05) is 18.2 Å². The molecule has 28 heavy (non-hydrogen) atoms. The molecule has 0 bridgehead atoms. The minimum Gasteiger partial charge on any atom is -0.345 e. The topological polar surface area (TPSA) is 70.6 Å². The van der Waals surface area contributed by atoms with Crippen molar-refractivity contribution in [1.29, 1.82) is 0 Å². The smallest absolute Gasteiger partial charge is 0.238 e. The summed E-state index contributed by atoms with van der Waals surface area (Å²) in [6.07, 6.45) is 0. The lowest BCUT2D eigenvalue weighted by molar-refractivity contribution is -0.128. The Kier molecular flexibility index (Phi) is 5.39. The van der Waals surface area contributed by atoms with Gasteiger partial charge in [0.25, 0.3) is 0 Å². The van der Waals surface area contributed by atoms with Crippen LogP contribution in [0.5, 0.6) is 0 Å². The van der Waals surface area contributed by atoms with E-state index in [2.05, 4.69) is 25.8 Å². The van der Waals surface area contributed by atoms with Crippen LogP contribution >= 0.6 is 27.3 Å². The molecule has 146 valence electrons. The van der Waals surface area contributed by atoms with Crippen LogP contribution in [-0.4, -0.2) is 56.1 Å². The summed E-state index contributed by atoms with van der Waals surface area (Å²) in [6.45, 7) is 2.25. The van der Waals surface area contributed by atoms with Gasteiger partial charge in [-0.15, -0.1) is 0 Å². The molecule has 1 saturated heterocycles. The summed E-state index contributed by atoms with van der Waals surface area (Å²) in [6, 6.07) is 14.1. The van der Waals surface area contributed by atoms with E-state index in [1.54, 1.807) is 34.4 Å². The van der Waals surface area contributed by atoms with Gasteiger partial charge in [0.05, 0.1) is 15.1 Å². The number of thiazole rings is 1. The van der Waals surface area contributed by atoms with Gasteiger partial charge in [0.1, 0.15) is 5.75 Å². The largest absolute Gasteiger partial charge is 0.345 e. The van der Waals surface area contributed by atoms with E-state index >= 15 is 0 Å². The molecule has 2 heterocycles. The Morgan fingerprint density at radius 1 is 1.07 bits per heavy atom. The van der Waals surface area contributed by atoms with E-state index in [-0.39, 0.29) is 10.8 Å². The number of rotatable bonds is 4. The lowest BCUT2D eigenvalue weighted by Gasteiger charge is -2.34. The van der Waals surface area contributed by atoms with Crippen LogP contribution in [0.25, 0.3) is 10.2 Å². The molecule has 0 radical (unpaired) electrons. The van der Waals surface area contributed by atoms with Crippen LogP contribution in [-0.2, 0) is 14.6 Å². The van der Waals surface area contributed by atoms with Gasteiger partial charge in [0.15, 0.2) is 15.0 Å².